The lowest BCUT2D eigenvalue weighted by molar-refractivity contribution is 0.0948. The van der Waals surface area contributed by atoms with Gasteiger partial charge < -0.3 is 15.0 Å². The first-order valence-electron chi connectivity index (χ1n) is 11.5. The van der Waals surface area contributed by atoms with E-state index in [1.807, 2.05) is 12.1 Å². The number of hydrogen-bond acceptors (Lipinski definition) is 8. The van der Waals surface area contributed by atoms with Crippen LogP contribution in [0.5, 0.6) is 0 Å². The lowest BCUT2D eigenvalue weighted by atomic mass is 10.1. The summed E-state index contributed by atoms with van der Waals surface area (Å²) in [6.07, 6.45) is 0. The quantitative estimate of drug-likeness (QED) is 0.390. The van der Waals surface area contributed by atoms with E-state index in [1.165, 1.54) is 20.2 Å². The number of anilines is 1. The summed E-state index contributed by atoms with van der Waals surface area (Å²) in [5, 5.41) is 13.0. The lowest BCUT2D eigenvalue weighted by Gasteiger charge is -2.29. The minimum absolute atomic E-state index is 0.215. The second-order valence-corrected chi connectivity index (χ2v) is 9.48. The molecule has 0 unspecified atom stereocenters. The highest BCUT2D eigenvalue weighted by atomic mass is 32.1. The highest BCUT2D eigenvalue weighted by molar-refractivity contribution is 7.26. The average molecular weight is 486 g/mol. The first kappa shape index (κ1) is 21.7. The van der Waals surface area contributed by atoms with Crippen LogP contribution >= 0.6 is 11.3 Å². The number of hydrogen-bond donors (Lipinski definition) is 1. The smallest absolute Gasteiger partial charge is 0.255 e. The average Bonchev–Trinajstić information content (AvgIpc) is 3.50. The molecule has 1 N–H and O–H groups in total. The van der Waals surface area contributed by atoms with E-state index >= 15 is 0 Å². The van der Waals surface area contributed by atoms with Gasteiger partial charge >= 0.3 is 0 Å². The Morgan fingerprint density at radius 3 is 2.69 bits per heavy atom. The number of aromatic nitrogens is 3. The number of rotatable bonds is 5. The first-order valence-corrected chi connectivity index (χ1v) is 12.3. The number of fused-ring (bicyclic) bond motifs is 3. The summed E-state index contributed by atoms with van der Waals surface area (Å²) in [4.78, 5) is 20.4. The van der Waals surface area contributed by atoms with Gasteiger partial charge in [0, 0.05) is 38.8 Å². The predicted octanol–water partition coefficient (Wildman–Crippen LogP) is 4.57. The Bertz CT molecular complexity index is 1540. The van der Waals surface area contributed by atoms with E-state index in [-0.39, 0.29) is 12.5 Å². The molecule has 3 aromatic heterocycles. The van der Waals surface area contributed by atoms with Crippen LogP contribution in [-0.4, -0.2) is 47.5 Å². The van der Waals surface area contributed by atoms with E-state index in [2.05, 4.69) is 63.0 Å². The van der Waals surface area contributed by atoms with E-state index in [4.69, 9.17) is 14.3 Å². The van der Waals surface area contributed by atoms with Crippen molar-refractivity contribution in [2.24, 2.45) is 0 Å². The maximum Gasteiger partial charge on any atom is 0.255 e. The summed E-state index contributed by atoms with van der Waals surface area (Å²) in [7, 11) is 0. The third-order valence-electron chi connectivity index (χ3n) is 6.27. The first-order chi connectivity index (χ1) is 17.2. The summed E-state index contributed by atoms with van der Waals surface area (Å²) < 4.78 is 12.7. The van der Waals surface area contributed by atoms with Gasteiger partial charge in [0.15, 0.2) is 0 Å². The van der Waals surface area contributed by atoms with Crippen LogP contribution < -0.4 is 10.2 Å². The maximum absolute atomic E-state index is 13.2. The van der Waals surface area contributed by atoms with Gasteiger partial charge in [0.25, 0.3) is 5.91 Å². The zero-order valence-electron chi connectivity index (χ0n) is 19.2. The van der Waals surface area contributed by atoms with Crippen molar-refractivity contribution in [3.63, 3.8) is 0 Å². The number of benzene rings is 2. The van der Waals surface area contributed by atoms with Crippen molar-refractivity contribution in [1.29, 1.82) is 0 Å². The monoisotopic (exact) mass is 485 g/mol. The van der Waals surface area contributed by atoms with Crippen LogP contribution in [0, 0.1) is 6.92 Å². The van der Waals surface area contributed by atoms with Crippen LogP contribution in [-0.2, 0) is 11.3 Å². The van der Waals surface area contributed by atoms with Gasteiger partial charge in [-0.3, -0.25) is 4.79 Å². The number of amides is 1. The molecule has 0 spiro atoms. The molecular weight excluding hydrogens is 462 g/mol. The standard InChI is InChI=1S/C26H23N5O3S/c1-16-22(30-34-29-16)15-27-26(32)20-9-10-21(28-25(20)31-11-13-33-14-12-31)19-7-4-6-18-17-5-2-3-8-23(17)35-24(18)19/h2-10H,11-15H2,1H3,(H,27,32). The second-order valence-electron chi connectivity index (χ2n) is 8.43. The molecule has 0 radical (unpaired) electrons. The number of aryl methyl sites for hydroxylation is 1. The fourth-order valence-corrected chi connectivity index (χ4v) is 5.63. The largest absolute Gasteiger partial charge is 0.378 e. The molecule has 0 atom stereocenters. The van der Waals surface area contributed by atoms with Gasteiger partial charge in [-0.25, -0.2) is 9.61 Å². The fourth-order valence-electron chi connectivity index (χ4n) is 4.41. The van der Waals surface area contributed by atoms with Gasteiger partial charge in [-0.1, -0.05) is 46.7 Å². The van der Waals surface area contributed by atoms with Gasteiger partial charge in [-0.05, 0) is 25.1 Å². The van der Waals surface area contributed by atoms with E-state index in [0.29, 0.717) is 49.1 Å². The van der Waals surface area contributed by atoms with E-state index in [0.717, 1.165) is 11.3 Å². The van der Waals surface area contributed by atoms with Crippen LogP contribution in [0.2, 0.25) is 0 Å². The van der Waals surface area contributed by atoms with Gasteiger partial charge in [-0.2, -0.15) is 0 Å². The van der Waals surface area contributed by atoms with Gasteiger partial charge in [0.1, 0.15) is 17.2 Å². The number of thiophene rings is 1. The number of morpholine rings is 1. The molecule has 1 saturated heterocycles. The molecular formula is C26H23N5O3S. The van der Waals surface area contributed by atoms with E-state index < -0.39 is 0 Å². The maximum atomic E-state index is 13.2. The zero-order chi connectivity index (χ0) is 23.8. The SMILES string of the molecule is Cc1nonc1CNC(=O)c1ccc(-c2cccc3c2sc2ccccc23)nc1N1CCOCC1. The lowest BCUT2D eigenvalue weighted by Crippen LogP contribution is -2.38. The molecule has 5 aromatic rings. The second kappa shape index (κ2) is 9.09. The van der Waals surface area contributed by atoms with Crippen molar-refractivity contribution >= 4 is 43.2 Å². The highest BCUT2D eigenvalue weighted by Gasteiger charge is 2.22. The predicted molar refractivity (Wildman–Crippen MR) is 136 cm³/mol. The summed E-state index contributed by atoms with van der Waals surface area (Å²) in [6, 6.07) is 18.6. The molecule has 1 fully saturated rings. The van der Waals surface area contributed by atoms with Crippen LogP contribution in [0.1, 0.15) is 21.7 Å². The Morgan fingerprint density at radius 1 is 1.03 bits per heavy atom. The van der Waals surface area contributed by atoms with Crippen LogP contribution in [0.25, 0.3) is 31.4 Å². The van der Waals surface area contributed by atoms with E-state index in [1.54, 1.807) is 18.3 Å². The third kappa shape index (κ3) is 4.02. The summed E-state index contributed by atoms with van der Waals surface area (Å²) in [5.41, 5.74) is 3.69. The molecule has 0 saturated carbocycles. The summed E-state index contributed by atoms with van der Waals surface area (Å²) in [5.74, 6) is 0.449. The molecule has 0 bridgehead atoms. The number of ether oxygens (including phenoxy) is 1. The van der Waals surface area contributed by atoms with Crippen molar-refractivity contribution in [2.45, 2.75) is 13.5 Å². The summed E-state index contributed by atoms with van der Waals surface area (Å²) in [6.45, 7) is 4.58. The molecule has 6 rings (SSSR count). The van der Waals surface area contributed by atoms with Crippen molar-refractivity contribution in [2.75, 3.05) is 31.2 Å². The van der Waals surface area contributed by atoms with Crippen molar-refractivity contribution in [3.8, 4) is 11.3 Å². The topological polar surface area (TPSA) is 93.4 Å². The van der Waals surface area contributed by atoms with E-state index in [9.17, 15) is 4.79 Å². The molecule has 2 aromatic carbocycles. The minimum atomic E-state index is -0.215. The molecule has 4 heterocycles. The molecule has 176 valence electrons. The minimum Gasteiger partial charge on any atom is -0.378 e. The Balaban J connectivity index is 1.41. The Morgan fingerprint density at radius 2 is 1.86 bits per heavy atom. The normalized spacial score (nSPS) is 14.0. The van der Waals surface area contributed by atoms with Gasteiger partial charge in [0.2, 0.25) is 0 Å². The number of carbonyl (C=O) groups excluding carboxylic acids is 1. The molecule has 1 aliphatic rings. The molecule has 35 heavy (non-hydrogen) atoms. The Kier molecular flexibility index (Phi) is 5.63. The van der Waals surface area contributed by atoms with Gasteiger partial charge in [-0.15, -0.1) is 11.3 Å². The van der Waals surface area contributed by atoms with Crippen LogP contribution in [0.4, 0.5) is 5.82 Å². The fraction of sp³-hybridized carbons (Fsp3) is 0.231. The summed E-state index contributed by atoms with van der Waals surface area (Å²) >= 11 is 1.77. The molecule has 1 amide bonds. The van der Waals surface area contributed by atoms with Crippen molar-refractivity contribution in [3.05, 3.63) is 71.5 Å². The zero-order valence-corrected chi connectivity index (χ0v) is 20.0. The van der Waals surface area contributed by atoms with Crippen molar-refractivity contribution < 1.29 is 14.2 Å². The number of pyridine rings is 1. The highest BCUT2D eigenvalue weighted by Crippen LogP contribution is 2.39. The molecule has 8 nitrogen and oxygen atoms in total. The Labute approximate surface area is 205 Å². The third-order valence-corrected chi connectivity index (χ3v) is 7.49. The van der Waals surface area contributed by atoms with Crippen LogP contribution in [0.15, 0.2) is 59.2 Å². The van der Waals surface area contributed by atoms with Gasteiger partial charge in [0.05, 0.1) is 31.0 Å². The van der Waals surface area contributed by atoms with Crippen molar-refractivity contribution in [1.82, 2.24) is 20.6 Å². The van der Waals surface area contributed by atoms with Crippen LogP contribution in [0.3, 0.4) is 0 Å². The number of carbonyl (C=O) groups is 1. The number of nitrogens with zero attached hydrogens (tertiary/aromatic N) is 4. The molecule has 0 aliphatic carbocycles. The Hall–Kier alpha value is -3.82. The molecule has 9 heteroatoms. The number of nitrogens with one attached hydrogen (secondary N) is 1. The molecule has 1 aliphatic heterocycles.